The highest BCUT2D eigenvalue weighted by molar-refractivity contribution is 8.01. The van der Waals surface area contributed by atoms with Gasteiger partial charge in [-0.3, -0.25) is 4.79 Å². The molecule has 3 atom stereocenters. The Bertz CT molecular complexity index is 211. The first-order chi connectivity index (χ1) is 5.66. The first-order valence-corrected chi connectivity index (χ1v) is 4.81. The first-order valence-electron chi connectivity index (χ1n) is 3.33. The fourth-order valence-electron chi connectivity index (χ4n) is 1.09. The molecule has 1 fully saturated rings. The lowest BCUT2D eigenvalue weighted by molar-refractivity contribution is -0.136. The molecule has 0 saturated carbocycles. The smallest absolute Gasteiger partial charge is 0.317 e. The van der Waals surface area contributed by atoms with Crippen LogP contribution in [0.25, 0.3) is 0 Å². The maximum atomic E-state index is 10.6. The van der Waals surface area contributed by atoms with Gasteiger partial charge in [0.25, 0.3) is 0 Å². The van der Waals surface area contributed by atoms with Crippen LogP contribution in [0.1, 0.15) is 0 Å². The minimum absolute atomic E-state index is 0.257. The van der Waals surface area contributed by atoms with Crippen LogP contribution in [0.3, 0.4) is 0 Å². The maximum Gasteiger partial charge on any atom is 0.317 e. The van der Waals surface area contributed by atoms with Crippen LogP contribution in [0, 0.1) is 5.92 Å². The summed E-state index contributed by atoms with van der Waals surface area (Å²) in [6, 6.07) is 0. The van der Waals surface area contributed by atoms with Gasteiger partial charge in [-0.15, -0.1) is 28.5 Å². The van der Waals surface area contributed by atoms with E-state index in [2.05, 4.69) is 5.16 Å². The lowest BCUT2D eigenvalue weighted by Crippen LogP contribution is -2.27. The lowest BCUT2D eigenvalue weighted by Gasteiger charge is -2.10. The van der Waals surface area contributed by atoms with Crippen molar-refractivity contribution in [3.63, 3.8) is 0 Å². The van der Waals surface area contributed by atoms with Crippen LogP contribution >= 0.6 is 23.4 Å². The van der Waals surface area contributed by atoms with Crippen molar-refractivity contribution in [3.05, 3.63) is 0 Å². The normalized spacial score (nSPS) is 35.9. The average molecular weight is 210 g/mol. The van der Waals surface area contributed by atoms with Crippen molar-refractivity contribution in [2.45, 2.75) is 10.6 Å². The molecule has 0 bridgehead atoms. The quantitative estimate of drug-likeness (QED) is 0.307. The molecule has 0 aliphatic carbocycles. The van der Waals surface area contributed by atoms with E-state index in [-0.39, 0.29) is 11.3 Å². The molecule has 1 heterocycles. The summed E-state index contributed by atoms with van der Waals surface area (Å²) in [4.78, 5) is 10.6. The van der Waals surface area contributed by atoms with Crippen LogP contribution in [0.2, 0.25) is 0 Å². The van der Waals surface area contributed by atoms with E-state index < -0.39 is 11.2 Å². The molecule has 0 spiro atoms. The number of hydrogen-bond acceptors (Lipinski definition) is 4. The Morgan fingerprint density at radius 1 is 1.75 bits per heavy atom. The van der Waals surface area contributed by atoms with Gasteiger partial charge in [0.05, 0.1) is 5.38 Å². The molecule has 1 aliphatic heterocycles. The molecule has 1 aliphatic rings. The van der Waals surface area contributed by atoms with E-state index in [4.69, 9.17) is 21.9 Å². The van der Waals surface area contributed by atoms with Gasteiger partial charge in [0.1, 0.15) is 5.25 Å². The fraction of sp³-hybridized carbons (Fsp3) is 0.667. The van der Waals surface area contributed by atoms with Crippen LogP contribution in [0.5, 0.6) is 0 Å². The van der Waals surface area contributed by atoms with Gasteiger partial charge >= 0.3 is 5.97 Å². The largest absolute Gasteiger partial charge is 0.480 e. The van der Waals surface area contributed by atoms with E-state index in [1.54, 1.807) is 0 Å². The van der Waals surface area contributed by atoms with E-state index in [9.17, 15) is 4.79 Å². The summed E-state index contributed by atoms with van der Waals surface area (Å²) < 4.78 is 0. The summed E-state index contributed by atoms with van der Waals surface area (Å²) in [5, 5.41) is 18.9. The number of hydrogen-bond donors (Lipinski definition) is 2. The molecule has 68 valence electrons. The number of oxime groups is 1. The number of carbonyl (C=O) groups is 1. The summed E-state index contributed by atoms with van der Waals surface area (Å²) in [5.74, 6) is -0.706. The number of carboxylic acids is 1. The van der Waals surface area contributed by atoms with E-state index >= 15 is 0 Å². The van der Waals surface area contributed by atoms with Crippen LogP contribution in [0.15, 0.2) is 5.16 Å². The summed E-state index contributed by atoms with van der Waals surface area (Å²) in [6.07, 6.45) is 1.19. The van der Waals surface area contributed by atoms with Gasteiger partial charge in [-0.05, 0) is 0 Å². The van der Waals surface area contributed by atoms with E-state index in [0.29, 0.717) is 5.75 Å². The standard InChI is InChI=1S/C6H8ClNO3S/c7-4-2-12-5(6(9)10)3(4)1-8-11/h1,3-5,11H,2H2,(H,9,10)/b8-1-. The number of alkyl halides is 1. The van der Waals surface area contributed by atoms with Crippen LogP contribution in [-0.2, 0) is 4.79 Å². The Morgan fingerprint density at radius 3 is 2.92 bits per heavy atom. The molecular formula is C6H8ClNO3S. The third kappa shape index (κ3) is 1.84. The number of aliphatic carboxylic acids is 1. The average Bonchev–Trinajstić information content (AvgIpc) is 2.34. The van der Waals surface area contributed by atoms with Crippen molar-refractivity contribution in [3.8, 4) is 0 Å². The van der Waals surface area contributed by atoms with Gasteiger partial charge in [0.2, 0.25) is 0 Å². The van der Waals surface area contributed by atoms with Crippen LogP contribution < -0.4 is 0 Å². The SMILES string of the molecule is O=C(O)C1SCC(Cl)C1/C=N\O. The van der Waals surface area contributed by atoms with E-state index in [1.165, 1.54) is 18.0 Å². The van der Waals surface area contributed by atoms with Gasteiger partial charge in [-0.2, -0.15) is 0 Å². The second-order valence-corrected chi connectivity index (χ2v) is 4.19. The third-order valence-electron chi connectivity index (χ3n) is 1.68. The molecule has 1 rings (SSSR count). The second kappa shape index (κ2) is 4.00. The highest BCUT2D eigenvalue weighted by atomic mass is 35.5. The van der Waals surface area contributed by atoms with Crippen molar-refractivity contribution < 1.29 is 15.1 Å². The van der Waals surface area contributed by atoms with E-state index in [0.717, 1.165) is 0 Å². The molecular weight excluding hydrogens is 202 g/mol. The maximum absolute atomic E-state index is 10.6. The monoisotopic (exact) mass is 209 g/mol. The predicted octanol–water partition coefficient (Wildman–Crippen LogP) is 0.870. The summed E-state index contributed by atoms with van der Waals surface area (Å²) in [7, 11) is 0. The summed E-state index contributed by atoms with van der Waals surface area (Å²) >= 11 is 7.08. The van der Waals surface area contributed by atoms with Crippen molar-refractivity contribution in [2.75, 3.05) is 5.75 Å². The fourth-order valence-corrected chi connectivity index (χ4v) is 2.85. The zero-order valence-corrected chi connectivity index (χ0v) is 7.63. The highest BCUT2D eigenvalue weighted by Crippen LogP contribution is 2.34. The van der Waals surface area contributed by atoms with Crippen molar-refractivity contribution >= 4 is 35.5 Å². The van der Waals surface area contributed by atoms with Crippen molar-refractivity contribution in [1.82, 2.24) is 0 Å². The topological polar surface area (TPSA) is 69.9 Å². The Hall–Kier alpha value is -0.420. The van der Waals surface area contributed by atoms with Gasteiger partial charge in [0.15, 0.2) is 0 Å². The van der Waals surface area contributed by atoms with Gasteiger partial charge < -0.3 is 10.3 Å². The number of halogens is 1. The molecule has 0 aromatic heterocycles. The molecule has 1 saturated heterocycles. The van der Waals surface area contributed by atoms with Crippen LogP contribution in [0.4, 0.5) is 0 Å². The number of nitrogens with zero attached hydrogens (tertiary/aromatic N) is 1. The molecule has 0 aromatic rings. The van der Waals surface area contributed by atoms with Gasteiger partial charge in [-0.1, -0.05) is 0 Å². The Morgan fingerprint density at radius 2 is 2.42 bits per heavy atom. The predicted molar refractivity (Wildman–Crippen MR) is 47.3 cm³/mol. The molecule has 12 heavy (non-hydrogen) atoms. The van der Waals surface area contributed by atoms with Crippen LogP contribution in [-0.4, -0.2) is 38.9 Å². The number of carboxylic acid groups (broad SMARTS) is 1. The number of thioether (sulfide) groups is 1. The Kier molecular flexibility index (Phi) is 3.22. The molecule has 4 nitrogen and oxygen atoms in total. The molecule has 2 N–H and O–H groups in total. The second-order valence-electron chi connectivity index (χ2n) is 2.45. The first kappa shape index (κ1) is 9.67. The molecule has 0 aromatic carbocycles. The summed E-state index contributed by atoms with van der Waals surface area (Å²) in [6.45, 7) is 0. The Labute approximate surface area is 78.6 Å². The summed E-state index contributed by atoms with van der Waals surface area (Å²) in [5.41, 5.74) is 0. The minimum atomic E-state index is -0.909. The van der Waals surface area contributed by atoms with Crippen molar-refractivity contribution in [2.24, 2.45) is 11.1 Å². The van der Waals surface area contributed by atoms with Gasteiger partial charge in [-0.25, -0.2) is 0 Å². The van der Waals surface area contributed by atoms with Crippen molar-refractivity contribution in [1.29, 1.82) is 0 Å². The zero-order chi connectivity index (χ0) is 9.14. The third-order valence-corrected chi connectivity index (χ3v) is 3.74. The highest BCUT2D eigenvalue weighted by Gasteiger charge is 2.39. The molecule has 0 amide bonds. The van der Waals surface area contributed by atoms with E-state index in [1.807, 2.05) is 0 Å². The lowest BCUT2D eigenvalue weighted by atomic mass is 10.0. The zero-order valence-electron chi connectivity index (χ0n) is 6.05. The number of rotatable bonds is 2. The molecule has 6 heteroatoms. The molecule has 3 unspecified atom stereocenters. The Balaban J connectivity index is 2.70. The minimum Gasteiger partial charge on any atom is -0.480 e. The van der Waals surface area contributed by atoms with Gasteiger partial charge in [0, 0.05) is 17.9 Å². The molecule has 0 radical (unpaired) electrons.